The van der Waals surface area contributed by atoms with E-state index in [0.717, 1.165) is 43.4 Å². The van der Waals surface area contributed by atoms with Crippen LogP contribution in [0.2, 0.25) is 10.0 Å². The Kier molecular flexibility index (Phi) is 20.2. The number of thiophene rings is 2. The van der Waals surface area contributed by atoms with Crippen LogP contribution in [0.25, 0.3) is 10.0 Å². The molecule has 0 fully saturated rings. The number of ether oxygens (including phenoxy) is 7. The number of rotatable bonds is 28. The van der Waals surface area contributed by atoms with Gasteiger partial charge in [0.15, 0.2) is 23.2 Å². The molecule has 2 aliphatic heterocycles. The lowest BCUT2D eigenvalue weighted by Crippen LogP contribution is -2.13. The summed E-state index contributed by atoms with van der Waals surface area (Å²) in [4.78, 5) is 63.8. The van der Waals surface area contributed by atoms with Gasteiger partial charge < -0.3 is 33.2 Å². The van der Waals surface area contributed by atoms with Crippen molar-refractivity contribution in [2.75, 3.05) is 80.3 Å². The van der Waals surface area contributed by atoms with Gasteiger partial charge in [0.1, 0.15) is 33.7 Å². The lowest BCUT2D eigenvalue weighted by atomic mass is 9.98. The fourth-order valence-electron chi connectivity index (χ4n) is 8.94. The molecule has 0 N–H and O–H groups in total. The van der Waals surface area contributed by atoms with Crippen LogP contribution in [0.15, 0.2) is 58.5 Å². The Morgan fingerprint density at radius 1 is 0.506 bits per heavy atom. The number of fused-ring (bicyclic) bond motifs is 6. The lowest BCUT2D eigenvalue weighted by Gasteiger charge is -2.12. The molecule has 0 saturated carbocycles. The zero-order valence-corrected chi connectivity index (χ0v) is 46.9. The van der Waals surface area contributed by atoms with Crippen LogP contribution in [0.3, 0.4) is 0 Å². The number of hydrogen-bond donors (Lipinski definition) is 0. The molecule has 19 nitrogen and oxygen atoms in total. The van der Waals surface area contributed by atoms with Gasteiger partial charge in [0, 0.05) is 58.4 Å². The molecule has 8 rings (SSSR count). The van der Waals surface area contributed by atoms with E-state index in [9.17, 15) is 19.2 Å². The highest BCUT2D eigenvalue weighted by Gasteiger charge is 2.36. The number of aryl methyl sites for hydroxylation is 2. The largest absolute Gasteiger partial charge is 0.469 e. The summed E-state index contributed by atoms with van der Waals surface area (Å²) in [7, 11) is 2.68. The van der Waals surface area contributed by atoms with Gasteiger partial charge >= 0.3 is 11.9 Å². The number of aromatic nitrogens is 6. The minimum atomic E-state index is -0.657. The third-order valence-electron chi connectivity index (χ3n) is 12.8. The van der Waals surface area contributed by atoms with E-state index in [2.05, 4.69) is 20.4 Å². The summed E-state index contributed by atoms with van der Waals surface area (Å²) in [6.07, 6.45) is 1.58. The average molecular weight is 1130 g/mol. The molecule has 6 aromatic rings. The number of benzene rings is 2. The molecular weight excluding hydrogens is 1070 g/mol. The summed E-state index contributed by atoms with van der Waals surface area (Å²) in [5, 5.41) is 20.1. The number of carbonyl (C=O) groups is 4. The molecule has 4 aromatic heterocycles. The topological polar surface area (TPSA) is 219 Å². The molecule has 2 unspecified atom stereocenters. The maximum Gasteiger partial charge on any atom is 0.308 e. The van der Waals surface area contributed by atoms with Crippen molar-refractivity contribution in [3.8, 4) is 10.0 Å². The molecule has 0 amide bonds. The molecule has 6 heterocycles. The van der Waals surface area contributed by atoms with E-state index >= 15 is 0 Å². The Balaban J connectivity index is 0.698. The molecule has 0 spiro atoms. The summed E-state index contributed by atoms with van der Waals surface area (Å²) >= 11 is 15.2. The van der Waals surface area contributed by atoms with E-state index in [1.54, 1.807) is 24.3 Å². The molecule has 0 radical (unpaired) electrons. The molecule has 77 heavy (non-hydrogen) atoms. The van der Waals surface area contributed by atoms with Crippen LogP contribution in [0, 0.1) is 27.7 Å². The molecule has 2 aromatic carbocycles. The normalized spacial score (nSPS) is 14.6. The Bertz CT molecular complexity index is 2920. The molecule has 2 aliphatic rings. The highest BCUT2D eigenvalue weighted by atomic mass is 35.5. The summed E-state index contributed by atoms with van der Waals surface area (Å²) in [5.41, 5.74) is 6.00. The van der Waals surface area contributed by atoms with Gasteiger partial charge in [-0.15, -0.1) is 43.1 Å². The van der Waals surface area contributed by atoms with Crippen molar-refractivity contribution >= 4 is 80.8 Å². The van der Waals surface area contributed by atoms with Gasteiger partial charge in [0.2, 0.25) is 0 Å². The van der Waals surface area contributed by atoms with Crippen LogP contribution < -0.4 is 0 Å². The second-order valence-corrected chi connectivity index (χ2v) is 20.9. The van der Waals surface area contributed by atoms with Crippen molar-refractivity contribution in [3.63, 3.8) is 0 Å². The van der Waals surface area contributed by atoms with Crippen molar-refractivity contribution < 1.29 is 52.3 Å². The number of halogens is 2. The molecule has 0 aliphatic carbocycles. The maximum absolute atomic E-state index is 13.7. The second kappa shape index (κ2) is 27.1. The number of methoxy groups -OCH3 is 2. The number of hydrogen-bond acceptors (Lipinski definition) is 19. The minimum Gasteiger partial charge on any atom is -0.469 e. The first-order valence-electron chi connectivity index (χ1n) is 25.2. The number of ketones is 2. The van der Waals surface area contributed by atoms with Crippen LogP contribution in [0.4, 0.5) is 0 Å². The Hall–Kier alpha value is -5.88. The molecule has 23 heteroatoms. The smallest absolute Gasteiger partial charge is 0.308 e. The highest BCUT2D eigenvalue weighted by Crippen LogP contribution is 2.42. The van der Waals surface area contributed by atoms with Crippen LogP contribution in [-0.2, 0) is 42.7 Å². The highest BCUT2D eigenvalue weighted by molar-refractivity contribution is 7.17. The summed E-state index contributed by atoms with van der Waals surface area (Å²) in [5.74, 6) is 1.35. The molecule has 408 valence electrons. The van der Waals surface area contributed by atoms with E-state index in [-0.39, 0.29) is 37.2 Å². The van der Waals surface area contributed by atoms with Gasteiger partial charge in [-0.25, -0.2) is 0 Å². The summed E-state index contributed by atoms with van der Waals surface area (Å²) < 4.78 is 42.3. The van der Waals surface area contributed by atoms with Gasteiger partial charge in [0.05, 0.1) is 101 Å². The predicted octanol–water partition coefficient (Wildman–Crippen LogP) is 9.13. The Labute approximate surface area is 463 Å². The minimum absolute atomic E-state index is 0.00729. The van der Waals surface area contributed by atoms with E-state index in [4.69, 9.17) is 66.3 Å². The monoisotopic (exact) mass is 1130 g/mol. The standard InChI is InChI=1S/C54H60Cl2N8O11S2/c1-31-45-47(35-11-15-37(55)16-12-35)57-39(29-43(67)69-5)51-61-59-33(3)63(51)53(45)76-49(31)41(65)9-7-19-71-21-23-73-25-27-75-28-26-74-24-22-72-20-8-10-42(66)50-32(2)46-48(36-13-17-38(56)18-14-36)58-40(30-44(68)70-6)52-62-60-34(4)64(52)54(46)77-50/h11-18,39-40H,7-10,19-30H2,1-6H3. The van der Waals surface area contributed by atoms with Crippen molar-refractivity contribution in [1.82, 2.24) is 29.5 Å². The predicted molar refractivity (Wildman–Crippen MR) is 292 cm³/mol. The van der Waals surface area contributed by atoms with Crippen molar-refractivity contribution in [2.45, 2.75) is 78.3 Å². The fraction of sp³-hybridized carbons (Fsp3) is 0.444. The number of esters is 2. The lowest BCUT2D eigenvalue weighted by molar-refractivity contribution is -0.142. The first-order valence-corrected chi connectivity index (χ1v) is 27.6. The number of aliphatic imine (C=N–C) groups is 2. The fourth-order valence-corrected chi connectivity index (χ4v) is 11.9. The van der Waals surface area contributed by atoms with E-state index in [0.29, 0.717) is 133 Å². The van der Waals surface area contributed by atoms with Gasteiger partial charge in [-0.1, -0.05) is 47.5 Å². The van der Waals surface area contributed by atoms with E-state index in [1.807, 2.05) is 61.1 Å². The molecule has 2 atom stereocenters. The Morgan fingerprint density at radius 3 is 1.18 bits per heavy atom. The number of carbonyl (C=O) groups excluding carboxylic acids is 4. The van der Waals surface area contributed by atoms with Crippen molar-refractivity contribution in [2.24, 2.45) is 9.98 Å². The van der Waals surface area contributed by atoms with E-state index in [1.165, 1.54) is 36.9 Å². The van der Waals surface area contributed by atoms with Gasteiger partial charge in [-0.3, -0.25) is 38.3 Å². The molecule has 0 saturated heterocycles. The second-order valence-electron chi connectivity index (χ2n) is 18.0. The van der Waals surface area contributed by atoms with Crippen LogP contribution >= 0.6 is 45.9 Å². The molecular formula is C54H60Cl2N8O11S2. The number of nitrogens with zero attached hydrogens (tertiary/aromatic N) is 8. The van der Waals surface area contributed by atoms with Gasteiger partial charge in [-0.2, -0.15) is 0 Å². The third-order valence-corrected chi connectivity index (χ3v) is 15.9. The Morgan fingerprint density at radius 2 is 0.844 bits per heavy atom. The SMILES string of the molecule is COC(=O)CC1N=C(c2ccc(Cl)cc2)c2c(sc(C(=O)CCCOCCOCCOCCOCCOCCCC(=O)c3sc4c(c3C)C(c3ccc(Cl)cc3)=NC(CC(=O)OC)c3nnc(C)n3-4)c2C)-n2c(C)nnc21. The average Bonchev–Trinajstić information content (AvgIpc) is 4.17. The third kappa shape index (κ3) is 13.7. The first kappa shape index (κ1) is 57.3. The summed E-state index contributed by atoms with van der Waals surface area (Å²) in [6.45, 7) is 11.4. The van der Waals surface area contributed by atoms with Crippen LogP contribution in [0.5, 0.6) is 0 Å². The van der Waals surface area contributed by atoms with E-state index < -0.39 is 24.0 Å². The zero-order chi connectivity index (χ0) is 54.6. The van der Waals surface area contributed by atoms with Crippen LogP contribution in [-0.4, -0.2) is 145 Å². The summed E-state index contributed by atoms with van der Waals surface area (Å²) in [6, 6.07) is 13.3. The number of Topliss-reactive ketones (excluding diaryl/α,β-unsaturated/α-hetero) is 2. The van der Waals surface area contributed by atoms with Crippen LogP contribution in [0.1, 0.15) is 127 Å². The first-order chi connectivity index (χ1) is 37.3. The van der Waals surface area contributed by atoms with Crippen molar-refractivity contribution in [1.29, 1.82) is 0 Å². The quantitative estimate of drug-likeness (QED) is 0.0254. The molecule has 0 bridgehead atoms. The van der Waals surface area contributed by atoms with Gasteiger partial charge in [-0.05, 0) is 75.9 Å². The van der Waals surface area contributed by atoms with Crippen molar-refractivity contribution in [3.05, 3.63) is 125 Å². The zero-order valence-electron chi connectivity index (χ0n) is 43.7. The maximum atomic E-state index is 13.7. The van der Waals surface area contributed by atoms with Gasteiger partial charge in [0.25, 0.3) is 0 Å².